The van der Waals surface area contributed by atoms with E-state index in [1.807, 2.05) is 35.2 Å². The second kappa shape index (κ2) is 6.82. The van der Waals surface area contributed by atoms with E-state index in [2.05, 4.69) is 5.16 Å². The molecule has 3 heterocycles. The summed E-state index contributed by atoms with van der Waals surface area (Å²) < 4.78 is 32.8. The maximum atomic E-state index is 13.1. The fourth-order valence-electron chi connectivity index (χ4n) is 4.43. The Morgan fingerprint density at radius 3 is 2.47 bits per heavy atom. The van der Waals surface area contributed by atoms with Crippen LogP contribution in [0, 0.1) is 5.41 Å². The van der Waals surface area contributed by atoms with Crippen LogP contribution in [0.5, 0.6) is 0 Å². The fraction of sp³-hybridized carbons (Fsp3) is 0.333. The third kappa shape index (κ3) is 3.05. The zero-order valence-corrected chi connectivity index (χ0v) is 17.1. The molecule has 2 N–H and O–H groups in total. The van der Waals surface area contributed by atoms with E-state index in [0.717, 1.165) is 12.8 Å². The van der Waals surface area contributed by atoms with Crippen molar-refractivity contribution in [2.24, 2.45) is 5.41 Å². The number of anilines is 1. The van der Waals surface area contributed by atoms with Crippen LogP contribution in [0.25, 0.3) is 11.0 Å². The molecular formula is C21H22N4O4S. The molecule has 8 nitrogen and oxygen atoms in total. The number of piperidine rings is 1. The summed E-state index contributed by atoms with van der Waals surface area (Å²) in [7, 11) is -3.63. The molecule has 2 saturated heterocycles. The van der Waals surface area contributed by atoms with Crippen LogP contribution in [0.2, 0.25) is 0 Å². The molecule has 5 rings (SSSR count). The van der Waals surface area contributed by atoms with Gasteiger partial charge in [0.15, 0.2) is 11.4 Å². The summed E-state index contributed by atoms with van der Waals surface area (Å²) in [5.74, 6) is 0.216. The monoisotopic (exact) mass is 426 g/mol. The van der Waals surface area contributed by atoms with Gasteiger partial charge in [0, 0.05) is 37.2 Å². The molecule has 156 valence electrons. The third-order valence-corrected chi connectivity index (χ3v) is 8.15. The Morgan fingerprint density at radius 2 is 1.77 bits per heavy atom. The molecule has 1 aromatic heterocycles. The van der Waals surface area contributed by atoms with Crippen molar-refractivity contribution in [1.29, 1.82) is 0 Å². The summed E-state index contributed by atoms with van der Waals surface area (Å²) >= 11 is 0. The zero-order chi connectivity index (χ0) is 20.9. The van der Waals surface area contributed by atoms with Crippen LogP contribution >= 0.6 is 0 Å². The van der Waals surface area contributed by atoms with Crippen molar-refractivity contribution in [1.82, 2.24) is 14.4 Å². The second-order valence-electron chi connectivity index (χ2n) is 8.16. The smallest absolute Gasteiger partial charge is 0.253 e. The van der Waals surface area contributed by atoms with E-state index in [0.29, 0.717) is 42.7 Å². The van der Waals surface area contributed by atoms with Gasteiger partial charge in [-0.15, -0.1) is 0 Å². The van der Waals surface area contributed by atoms with E-state index < -0.39 is 10.0 Å². The number of nitrogen functional groups attached to an aromatic ring is 1. The highest BCUT2D eigenvalue weighted by Crippen LogP contribution is 2.42. The van der Waals surface area contributed by atoms with E-state index in [9.17, 15) is 13.2 Å². The molecule has 3 aromatic rings. The Kier molecular flexibility index (Phi) is 4.33. The van der Waals surface area contributed by atoms with Gasteiger partial charge >= 0.3 is 0 Å². The van der Waals surface area contributed by atoms with Gasteiger partial charge in [-0.3, -0.25) is 4.79 Å². The number of hydrogen-bond donors (Lipinski definition) is 1. The summed E-state index contributed by atoms with van der Waals surface area (Å²) in [6, 6.07) is 13.9. The molecule has 2 aliphatic rings. The van der Waals surface area contributed by atoms with E-state index in [-0.39, 0.29) is 22.0 Å². The van der Waals surface area contributed by atoms with E-state index in [1.165, 1.54) is 16.4 Å². The van der Waals surface area contributed by atoms with Gasteiger partial charge in [-0.25, -0.2) is 8.42 Å². The number of rotatable bonds is 3. The van der Waals surface area contributed by atoms with Crippen LogP contribution in [0.4, 0.5) is 5.82 Å². The predicted octanol–water partition coefficient (Wildman–Crippen LogP) is 2.34. The largest absolute Gasteiger partial charge is 0.380 e. The maximum Gasteiger partial charge on any atom is 0.253 e. The summed E-state index contributed by atoms with van der Waals surface area (Å²) in [6.07, 6.45) is 1.48. The van der Waals surface area contributed by atoms with Gasteiger partial charge in [0.1, 0.15) is 0 Å². The number of benzene rings is 2. The van der Waals surface area contributed by atoms with Crippen LogP contribution in [0.15, 0.2) is 57.9 Å². The lowest BCUT2D eigenvalue weighted by molar-refractivity contribution is -0.0212. The quantitative estimate of drug-likeness (QED) is 0.688. The van der Waals surface area contributed by atoms with E-state index >= 15 is 0 Å². The highest BCUT2D eigenvalue weighted by molar-refractivity contribution is 7.89. The van der Waals surface area contributed by atoms with Crippen molar-refractivity contribution in [3.8, 4) is 0 Å². The highest BCUT2D eigenvalue weighted by atomic mass is 32.2. The number of carbonyl (C=O) groups is 1. The Hall–Kier alpha value is -2.91. The number of nitrogens with two attached hydrogens (primary N) is 1. The molecule has 0 aliphatic carbocycles. The van der Waals surface area contributed by atoms with Crippen LogP contribution in [0.1, 0.15) is 23.2 Å². The first kappa shape index (κ1) is 19.1. The summed E-state index contributed by atoms with van der Waals surface area (Å²) in [4.78, 5) is 14.6. The molecule has 1 spiro atoms. The maximum absolute atomic E-state index is 13.1. The molecular weight excluding hydrogens is 404 g/mol. The standard InChI is InChI=1S/C21H22N4O4S/c22-19-17-12-16(6-7-18(17)29-23-19)30(27,28)25-10-8-21(9-11-25)13-24(14-21)20(26)15-4-2-1-3-5-15/h1-7,12H,8-11,13-14H2,(H2,22,23). The topological polar surface area (TPSA) is 110 Å². The van der Waals surface area contributed by atoms with Crippen molar-refractivity contribution >= 4 is 32.7 Å². The average Bonchev–Trinajstić information content (AvgIpc) is 3.12. The Labute approximate surface area is 174 Å². The first-order valence-corrected chi connectivity index (χ1v) is 11.3. The summed E-state index contributed by atoms with van der Waals surface area (Å²) in [5.41, 5.74) is 6.93. The number of aromatic nitrogens is 1. The van der Waals surface area contributed by atoms with Crippen LogP contribution in [-0.4, -0.2) is 54.9 Å². The average molecular weight is 426 g/mol. The summed E-state index contributed by atoms with van der Waals surface area (Å²) in [6.45, 7) is 2.23. The van der Waals surface area contributed by atoms with Gasteiger partial charge in [-0.05, 0) is 43.2 Å². The lowest BCUT2D eigenvalue weighted by atomic mass is 9.72. The fourth-order valence-corrected chi connectivity index (χ4v) is 5.90. The minimum absolute atomic E-state index is 0.0132. The lowest BCUT2D eigenvalue weighted by Crippen LogP contribution is -2.62. The number of nitrogens with zero attached hydrogens (tertiary/aromatic N) is 3. The molecule has 0 saturated carbocycles. The molecule has 2 aromatic carbocycles. The Morgan fingerprint density at radius 1 is 1.07 bits per heavy atom. The second-order valence-corrected chi connectivity index (χ2v) is 10.1. The first-order valence-electron chi connectivity index (χ1n) is 9.87. The molecule has 0 unspecified atom stereocenters. The van der Waals surface area contributed by atoms with Gasteiger partial charge in [-0.1, -0.05) is 23.4 Å². The number of hydrogen-bond acceptors (Lipinski definition) is 6. The Balaban J connectivity index is 1.26. The van der Waals surface area contributed by atoms with Crippen LogP contribution in [0.3, 0.4) is 0 Å². The molecule has 9 heteroatoms. The molecule has 0 radical (unpaired) electrons. The van der Waals surface area contributed by atoms with Crippen molar-refractivity contribution in [3.63, 3.8) is 0 Å². The van der Waals surface area contributed by atoms with Crippen LogP contribution < -0.4 is 5.73 Å². The SMILES string of the molecule is Nc1noc2ccc(S(=O)(=O)N3CCC4(CC3)CN(C(=O)c3ccccc3)C4)cc12. The number of sulfonamides is 1. The van der Waals surface area contributed by atoms with Crippen molar-refractivity contribution < 1.29 is 17.7 Å². The van der Waals surface area contributed by atoms with Crippen molar-refractivity contribution in [2.45, 2.75) is 17.7 Å². The van der Waals surface area contributed by atoms with Crippen molar-refractivity contribution in [2.75, 3.05) is 31.9 Å². The number of likely N-dealkylation sites (tertiary alicyclic amines) is 1. The van der Waals surface area contributed by atoms with Gasteiger partial charge in [-0.2, -0.15) is 4.31 Å². The molecule has 30 heavy (non-hydrogen) atoms. The Bertz CT molecular complexity index is 1210. The molecule has 0 atom stereocenters. The minimum atomic E-state index is -3.63. The predicted molar refractivity (Wildman–Crippen MR) is 111 cm³/mol. The van der Waals surface area contributed by atoms with Gasteiger partial charge in [0.2, 0.25) is 10.0 Å². The normalized spacial score (nSPS) is 19.1. The number of amides is 1. The zero-order valence-electron chi connectivity index (χ0n) is 16.3. The minimum Gasteiger partial charge on any atom is -0.380 e. The molecule has 2 fully saturated rings. The van der Waals surface area contributed by atoms with E-state index in [1.54, 1.807) is 6.07 Å². The van der Waals surface area contributed by atoms with Gasteiger partial charge in [0.25, 0.3) is 5.91 Å². The summed E-state index contributed by atoms with van der Waals surface area (Å²) in [5, 5.41) is 4.17. The third-order valence-electron chi connectivity index (χ3n) is 6.25. The number of fused-ring (bicyclic) bond motifs is 1. The van der Waals surface area contributed by atoms with Crippen molar-refractivity contribution in [3.05, 3.63) is 54.1 Å². The molecule has 2 aliphatic heterocycles. The lowest BCUT2D eigenvalue weighted by Gasteiger charge is -2.53. The molecule has 0 bridgehead atoms. The van der Waals surface area contributed by atoms with Gasteiger partial charge in [0.05, 0.1) is 10.3 Å². The number of carbonyl (C=O) groups excluding carboxylic acids is 1. The molecule has 1 amide bonds. The van der Waals surface area contributed by atoms with E-state index in [4.69, 9.17) is 10.3 Å². The van der Waals surface area contributed by atoms with Crippen LogP contribution in [-0.2, 0) is 10.0 Å². The van der Waals surface area contributed by atoms with Gasteiger partial charge < -0.3 is 15.2 Å². The highest BCUT2D eigenvalue weighted by Gasteiger charge is 2.48. The first-order chi connectivity index (χ1) is 14.4.